The van der Waals surface area contributed by atoms with Crippen molar-refractivity contribution in [3.63, 3.8) is 0 Å². The summed E-state index contributed by atoms with van der Waals surface area (Å²) >= 11 is 0. The minimum atomic E-state index is -0.457. The molecule has 130 valence electrons. The van der Waals surface area contributed by atoms with E-state index in [1.54, 1.807) is 24.7 Å². The van der Waals surface area contributed by atoms with Gasteiger partial charge in [0.05, 0.1) is 29.5 Å². The summed E-state index contributed by atoms with van der Waals surface area (Å²) in [6.07, 6.45) is 3.35. The standard InChI is InChI=1S/C14H20N6O4/c1-4-24-9-18-8-12(7-15-18)16-13(21)5-6-19-11(3)14(20(22)23)10(2)17-19/h7-8H,4-6,9H2,1-3H3,(H,16,21). The van der Waals surface area contributed by atoms with E-state index in [2.05, 4.69) is 15.5 Å². The summed E-state index contributed by atoms with van der Waals surface area (Å²) in [4.78, 5) is 22.5. The summed E-state index contributed by atoms with van der Waals surface area (Å²) < 4.78 is 8.26. The summed E-state index contributed by atoms with van der Waals surface area (Å²) in [5, 5.41) is 21.9. The minimum Gasteiger partial charge on any atom is -0.360 e. The van der Waals surface area contributed by atoms with Gasteiger partial charge in [0.15, 0.2) is 0 Å². The Morgan fingerprint density at radius 3 is 2.83 bits per heavy atom. The molecule has 2 heterocycles. The van der Waals surface area contributed by atoms with Crippen molar-refractivity contribution in [2.75, 3.05) is 11.9 Å². The second-order valence-corrected chi connectivity index (χ2v) is 5.19. The zero-order valence-electron chi connectivity index (χ0n) is 13.9. The monoisotopic (exact) mass is 336 g/mol. The Balaban J connectivity index is 1.90. The van der Waals surface area contributed by atoms with Crippen molar-refractivity contribution >= 4 is 17.3 Å². The van der Waals surface area contributed by atoms with Crippen molar-refractivity contribution in [1.29, 1.82) is 0 Å². The molecule has 24 heavy (non-hydrogen) atoms. The van der Waals surface area contributed by atoms with Crippen molar-refractivity contribution in [2.45, 2.75) is 40.5 Å². The summed E-state index contributed by atoms with van der Waals surface area (Å²) in [6, 6.07) is 0. The lowest BCUT2D eigenvalue weighted by atomic mass is 10.3. The van der Waals surface area contributed by atoms with E-state index in [0.29, 0.717) is 30.4 Å². The molecule has 1 amide bonds. The Morgan fingerprint density at radius 2 is 2.21 bits per heavy atom. The minimum absolute atomic E-state index is 0.00684. The van der Waals surface area contributed by atoms with Crippen LogP contribution in [0.1, 0.15) is 24.7 Å². The van der Waals surface area contributed by atoms with Gasteiger partial charge in [0.1, 0.15) is 18.1 Å². The molecule has 10 nitrogen and oxygen atoms in total. The van der Waals surface area contributed by atoms with Crippen LogP contribution in [0.25, 0.3) is 0 Å². The molecule has 0 aliphatic carbocycles. The number of carbonyl (C=O) groups excluding carboxylic acids is 1. The number of nitrogens with one attached hydrogen (secondary N) is 1. The Labute approximate surface area is 138 Å². The van der Waals surface area contributed by atoms with Gasteiger partial charge in [-0.1, -0.05) is 0 Å². The largest absolute Gasteiger partial charge is 0.360 e. The lowest BCUT2D eigenvalue weighted by Crippen LogP contribution is -2.15. The molecule has 0 saturated carbocycles. The molecule has 1 N–H and O–H groups in total. The van der Waals surface area contributed by atoms with E-state index < -0.39 is 4.92 Å². The van der Waals surface area contributed by atoms with Crippen LogP contribution in [0.2, 0.25) is 0 Å². The zero-order chi connectivity index (χ0) is 17.7. The molecule has 10 heteroatoms. The second-order valence-electron chi connectivity index (χ2n) is 5.19. The van der Waals surface area contributed by atoms with Gasteiger partial charge in [-0.2, -0.15) is 10.2 Å². The van der Waals surface area contributed by atoms with E-state index >= 15 is 0 Å². The summed E-state index contributed by atoms with van der Waals surface area (Å²) in [5.74, 6) is -0.221. The number of nitro groups is 1. The molecular formula is C14H20N6O4. The van der Waals surface area contributed by atoms with Crippen LogP contribution in [0.4, 0.5) is 11.4 Å². The first-order chi connectivity index (χ1) is 11.4. The van der Waals surface area contributed by atoms with Crippen molar-refractivity contribution in [3.8, 4) is 0 Å². The molecule has 0 spiro atoms. The molecule has 0 aliphatic heterocycles. The average molecular weight is 336 g/mol. The number of carbonyl (C=O) groups is 1. The number of hydrogen-bond acceptors (Lipinski definition) is 6. The highest BCUT2D eigenvalue weighted by atomic mass is 16.6. The number of anilines is 1. The van der Waals surface area contributed by atoms with Crippen LogP contribution in [0.5, 0.6) is 0 Å². The number of ether oxygens (including phenoxy) is 1. The van der Waals surface area contributed by atoms with Crippen LogP contribution >= 0.6 is 0 Å². The topological polar surface area (TPSA) is 117 Å². The van der Waals surface area contributed by atoms with E-state index in [-0.39, 0.29) is 24.6 Å². The van der Waals surface area contributed by atoms with Gasteiger partial charge in [-0.3, -0.25) is 19.6 Å². The van der Waals surface area contributed by atoms with Gasteiger partial charge in [-0.15, -0.1) is 0 Å². The van der Waals surface area contributed by atoms with E-state index in [9.17, 15) is 14.9 Å². The highest BCUT2D eigenvalue weighted by Crippen LogP contribution is 2.21. The maximum Gasteiger partial charge on any atom is 0.312 e. The molecule has 0 saturated heterocycles. The van der Waals surface area contributed by atoms with Crippen LogP contribution in [-0.2, 0) is 22.8 Å². The maximum absolute atomic E-state index is 12.0. The van der Waals surface area contributed by atoms with Crippen LogP contribution < -0.4 is 5.32 Å². The van der Waals surface area contributed by atoms with Gasteiger partial charge in [0.25, 0.3) is 0 Å². The SMILES string of the molecule is CCOCn1cc(NC(=O)CCn2nc(C)c([N+](=O)[O-])c2C)cn1. The Hall–Kier alpha value is -2.75. The Morgan fingerprint density at radius 1 is 1.46 bits per heavy atom. The Kier molecular flexibility index (Phi) is 5.64. The molecule has 2 rings (SSSR count). The average Bonchev–Trinajstić information content (AvgIpc) is 3.07. The molecule has 0 fully saturated rings. The fourth-order valence-electron chi connectivity index (χ4n) is 2.28. The first-order valence-corrected chi connectivity index (χ1v) is 7.50. The number of nitrogens with zero attached hydrogens (tertiary/aromatic N) is 5. The van der Waals surface area contributed by atoms with Gasteiger partial charge in [-0.05, 0) is 20.8 Å². The normalized spacial score (nSPS) is 10.8. The molecule has 0 aliphatic rings. The third-order valence-electron chi connectivity index (χ3n) is 3.42. The third kappa shape index (κ3) is 4.16. The molecule has 0 radical (unpaired) electrons. The van der Waals surface area contributed by atoms with Crippen molar-refractivity contribution in [1.82, 2.24) is 19.6 Å². The van der Waals surface area contributed by atoms with E-state index in [4.69, 9.17) is 4.74 Å². The lowest BCUT2D eigenvalue weighted by Gasteiger charge is -2.04. The summed E-state index contributed by atoms with van der Waals surface area (Å²) in [7, 11) is 0. The number of amides is 1. The van der Waals surface area contributed by atoms with Crippen LogP contribution in [0.3, 0.4) is 0 Å². The third-order valence-corrected chi connectivity index (χ3v) is 3.42. The van der Waals surface area contributed by atoms with E-state index in [0.717, 1.165) is 0 Å². The summed E-state index contributed by atoms with van der Waals surface area (Å²) in [5.41, 5.74) is 1.34. The molecule has 2 aromatic rings. The van der Waals surface area contributed by atoms with Gasteiger partial charge >= 0.3 is 5.69 Å². The zero-order valence-corrected chi connectivity index (χ0v) is 13.9. The molecule has 2 aromatic heterocycles. The smallest absolute Gasteiger partial charge is 0.312 e. The van der Waals surface area contributed by atoms with Crippen molar-refractivity contribution < 1.29 is 14.5 Å². The van der Waals surface area contributed by atoms with E-state index in [1.165, 1.54) is 10.9 Å². The number of aromatic nitrogens is 4. The van der Waals surface area contributed by atoms with Crippen LogP contribution in [-0.4, -0.2) is 37.0 Å². The van der Waals surface area contributed by atoms with Gasteiger partial charge < -0.3 is 10.1 Å². The van der Waals surface area contributed by atoms with E-state index in [1.807, 2.05) is 6.92 Å². The van der Waals surface area contributed by atoms with Gasteiger partial charge in [0, 0.05) is 13.0 Å². The maximum atomic E-state index is 12.0. The predicted octanol–water partition coefficient (Wildman–Crippen LogP) is 1.63. The Bertz CT molecular complexity index is 736. The number of rotatable bonds is 8. The fourth-order valence-corrected chi connectivity index (χ4v) is 2.28. The highest BCUT2D eigenvalue weighted by Gasteiger charge is 2.21. The van der Waals surface area contributed by atoms with Gasteiger partial charge in [0.2, 0.25) is 5.91 Å². The molecule has 0 bridgehead atoms. The fraction of sp³-hybridized carbons (Fsp3) is 0.500. The van der Waals surface area contributed by atoms with Crippen LogP contribution in [0, 0.1) is 24.0 Å². The van der Waals surface area contributed by atoms with Crippen LogP contribution in [0.15, 0.2) is 12.4 Å². The number of hydrogen-bond donors (Lipinski definition) is 1. The van der Waals surface area contributed by atoms with Crippen molar-refractivity contribution in [2.24, 2.45) is 0 Å². The molecule has 0 aromatic carbocycles. The quantitative estimate of drug-likeness (QED) is 0.578. The first kappa shape index (κ1) is 17.6. The highest BCUT2D eigenvalue weighted by molar-refractivity contribution is 5.90. The molecule has 0 unspecified atom stereocenters. The van der Waals surface area contributed by atoms with Crippen molar-refractivity contribution in [3.05, 3.63) is 33.9 Å². The first-order valence-electron chi connectivity index (χ1n) is 7.50. The predicted molar refractivity (Wildman–Crippen MR) is 85.5 cm³/mol. The lowest BCUT2D eigenvalue weighted by molar-refractivity contribution is -0.386. The summed E-state index contributed by atoms with van der Waals surface area (Å²) in [6.45, 7) is 6.25. The van der Waals surface area contributed by atoms with Gasteiger partial charge in [-0.25, -0.2) is 4.68 Å². The molecular weight excluding hydrogens is 316 g/mol. The number of aryl methyl sites for hydroxylation is 2. The molecule has 0 atom stereocenters. The second kappa shape index (κ2) is 7.68.